The molecule has 0 fully saturated rings. The van der Waals surface area contributed by atoms with Crippen LogP contribution in [0.4, 0.5) is 25.0 Å². The second kappa shape index (κ2) is 7.36. The van der Waals surface area contributed by atoms with Gasteiger partial charge >= 0.3 is 6.03 Å². The number of thiazole rings is 1. The Balaban J connectivity index is 1.90. The number of anilines is 2. The van der Waals surface area contributed by atoms with Gasteiger partial charge in [-0.2, -0.15) is 0 Å². The third-order valence-electron chi connectivity index (χ3n) is 3.06. The van der Waals surface area contributed by atoms with Gasteiger partial charge in [-0.15, -0.1) is 11.3 Å². The summed E-state index contributed by atoms with van der Waals surface area (Å²) in [5.74, 6) is -1.47. The number of carbonyl (C=O) groups excluding carboxylic acids is 1. The molecule has 2 aromatic rings. The van der Waals surface area contributed by atoms with Crippen LogP contribution in [0.3, 0.4) is 0 Å². The van der Waals surface area contributed by atoms with E-state index < -0.39 is 17.7 Å². The molecule has 0 bridgehead atoms. The first-order valence-corrected chi connectivity index (χ1v) is 7.87. The Bertz CT molecular complexity index is 680. The summed E-state index contributed by atoms with van der Waals surface area (Å²) in [4.78, 5) is 17.4. The van der Waals surface area contributed by atoms with E-state index in [2.05, 4.69) is 15.6 Å². The Morgan fingerprint density at radius 1 is 1.30 bits per heavy atom. The molecule has 0 aliphatic rings. The van der Waals surface area contributed by atoms with Crippen LogP contribution in [0.5, 0.6) is 0 Å². The highest BCUT2D eigenvalue weighted by atomic mass is 32.1. The van der Waals surface area contributed by atoms with E-state index in [4.69, 9.17) is 0 Å². The van der Waals surface area contributed by atoms with Gasteiger partial charge in [-0.1, -0.05) is 0 Å². The van der Waals surface area contributed by atoms with Crippen LogP contribution in [0.2, 0.25) is 0 Å². The Hall–Kier alpha value is -2.22. The zero-order chi connectivity index (χ0) is 17.0. The van der Waals surface area contributed by atoms with Gasteiger partial charge in [-0.05, 0) is 19.1 Å². The number of nitrogens with one attached hydrogen (secondary N) is 2. The van der Waals surface area contributed by atoms with Gasteiger partial charge in [0.1, 0.15) is 5.69 Å². The molecule has 0 aliphatic heterocycles. The molecule has 2 rings (SSSR count). The Morgan fingerprint density at radius 3 is 2.48 bits per heavy atom. The van der Waals surface area contributed by atoms with Crippen molar-refractivity contribution < 1.29 is 13.6 Å². The fraction of sp³-hybridized carbons (Fsp3) is 0.333. The fourth-order valence-corrected chi connectivity index (χ4v) is 2.71. The fourth-order valence-electron chi connectivity index (χ4n) is 2.07. The first kappa shape index (κ1) is 17.1. The highest BCUT2D eigenvalue weighted by Crippen LogP contribution is 2.25. The summed E-state index contributed by atoms with van der Waals surface area (Å²) in [5.41, 5.74) is 0.822. The molecule has 5 nitrogen and oxygen atoms in total. The minimum Gasteiger partial charge on any atom is -0.373 e. The predicted molar refractivity (Wildman–Crippen MR) is 88.3 cm³/mol. The topological polar surface area (TPSA) is 57.3 Å². The van der Waals surface area contributed by atoms with Crippen molar-refractivity contribution in [1.29, 1.82) is 0 Å². The maximum absolute atomic E-state index is 13.8. The van der Waals surface area contributed by atoms with E-state index >= 15 is 0 Å². The Morgan fingerprint density at radius 2 is 1.96 bits per heavy atom. The number of rotatable bonds is 5. The molecule has 0 saturated heterocycles. The van der Waals surface area contributed by atoms with Crippen LogP contribution in [0.25, 0.3) is 0 Å². The van der Waals surface area contributed by atoms with E-state index in [0.717, 1.165) is 22.8 Å². The summed E-state index contributed by atoms with van der Waals surface area (Å²) in [6.45, 7) is 2.30. The second-order valence-corrected chi connectivity index (χ2v) is 6.23. The normalized spacial score (nSPS) is 10.5. The van der Waals surface area contributed by atoms with Gasteiger partial charge in [0.2, 0.25) is 0 Å². The lowest BCUT2D eigenvalue weighted by molar-refractivity contribution is 0.252. The third-order valence-corrected chi connectivity index (χ3v) is 3.88. The highest BCUT2D eigenvalue weighted by molar-refractivity contribution is 7.09. The standard InChI is InChI=1S/C15H18F2N4OS/c1-9-19-10(8-23-9)4-5-18-15(22)20-11-6-12(16)14(21(2)3)13(17)7-11/h6-8H,4-5H2,1-3H3,(H2,18,20,22). The minimum absolute atomic E-state index is 0.0626. The molecule has 2 amide bonds. The largest absolute Gasteiger partial charge is 0.373 e. The van der Waals surface area contributed by atoms with Gasteiger partial charge < -0.3 is 15.5 Å². The maximum Gasteiger partial charge on any atom is 0.319 e. The third kappa shape index (κ3) is 4.62. The molecule has 0 atom stereocenters. The SMILES string of the molecule is Cc1nc(CCNC(=O)Nc2cc(F)c(N(C)C)c(F)c2)cs1. The Labute approximate surface area is 137 Å². The molecule has 23 heavy (non-hydrogen) atoms. The van der Waals surface area contributed by atoms with Crippen molar-refractivity contribution in [3.63, 3.8) is 0 Å². The first-order chi connectivity index (χ1) is 10.9. The summed E-state index contributed by atoms with van der Waals surface area (Å²) >= 11 is 1.55. The number of carbonyl (C=O) groups is 1. The van der Waals surface area contributed by atoms with Gasteiger partial charge in [-0.3, -0.25) is 0 Å². The zero-order valence-corrected chi connectivity index (χ0v) is 13.9. The lowest BCUT2D eigenvalue weighted by atomic mass is 10.2. The molecular formula is C15H18F2N4OS. The van der Waals surface area contributed by atoms with E-state index in [9.17, 15) is 13.6 Å². The van der Waals surface area contributed by atoms with Crippen molar-refractivity contribution in [1.82, 2.24) is 10.3 Å². The average molecular weight is 340 g/mol. The van der Waals surface area contributed by atoms with E-state index in [1.807, 2.05) is 12.3 Å². The number of nitrogens with zero attached hydrogens (tertiary/aromatic N) is 2. The van der Waals surface area contributed by atoms with Gasteiger partial charge in [0.15, 0.2) is 11.6 Å². The number of benzene rings is 1. The summed E-state index contributed by atoms with van der Waals surface area (Å²) in [5, 5.41) is 7.94. The summed E-state index contributed by atoms with van der Waals surface area (Å²) < 4.78 is 27.7. The number of hydrogen-bond donors (Lipinski definition) is 2. The molecule has 124 valence electrons. The lowest BCUT2D eigenvalue weighted by Gasteiger charge is -2.16. The van der Waals surface area contributed by atoms with Crippen LogP contribution < -0.4 is 15.5 Å². The Kier molecular flexibility index (Phi) is 5.49. The predicted octanol–water partition coefficient (Wildman–Crippen LogP) is 3.16. The van der Waals surface area contributed by atoms with Crippen molar-refractivity contribution in [3.05, 3.63) is 39.8 Å². The summed E-state index contributed by atoms with van der Waals surface area (Å²) in [7, 11) is 3.09. The van der Waals surface area contributed by atoms with Crippen molar-refractivity contribution in [2.75, 3.05) is 30.9 Å². The van der Waals surface area contributed by atoms with Crippen molar-refractivity contribution in [3.8, 4) is 0 Å². The molecule has 0 unspecified atom stereocenters. The maximum atomic E-state index is 13.8. The van der Waals surface area contributed by atoms with Crippen molar-refractivity contribution in [2.45, 2.75) is 13.3 Å². The van der Waals surface area contributed by atoms with Crippen LogP contribution in [-0.2, 0) is 6.42 Å². The molecule has 8 heteroatoms. The summed E-state index contributed by atoms with van der Waals surface area (Å²) in [6, 6.07) is 1.65. The monoisotopic (exact) mass is 340 g/mol. The smallest absolute Gasteiger partial charge is 0.319 e. The molecule has 1 heterocycles. The molecule has 1 aromatic carbocycles. The number of hydrogen-bond acceptors (Lipinski definition) is 4. The molecule has 2 N–H and O–H groups in total. The van der Waals surface area contributed by atoms with E-state index in [-0.39, 0.29) is 11.4 Å². The average Bonchev–Trinajstić information content (AvgIpc) is 2.83. The zero-order valence-electron chi connectivity index (χ0n) is 13.1. The van der Waals surface area contributed by atoms with Crippen LogP contribution in [-0.4, -0.2) is 31.7 Å². The van der Waals surface area contributed by atoms with Gasteiger partial charge in [0.05, 0.1) is 10.7 Å². The van der Waals surface area contributed by atoms with E-state index in [1.165, 1.54) is 4.90 Å². The van der Waals surface area contributed by atoms with Gasteiger partial charge in [0.25, 0.3) is 0 Å². The van der Waals surface area contributed by atoms with Crippen LogP contribution in [0.15, 0.2) is 17.5 Å². The molecule has 0 spiro atoms. The summed E-state index contributed by atoms with van der Waals surface area (Å²) in [6.07, 6.45) is 0.597. The number of aryl methyl sites for hydroxylation is 1. The highest BCUT2D eigenvalue weighted by Gasteiger charge is 2.14. The molecule has 0 saturated carbocycles. The molecule has 0 aliphatic carbocycles. The van der Waals surface area contributed by atoms with Crippen molar-refractivity contribution in [2.24, 2.45) is 0 Å². The molecule has 1 aromatic heterocycles. The quantitative estimate of drug-likeness (QED) is 0.879. The van der Waals surface area contributed by atoms with Crippen LogP contribution in [0.1, 0.15) is 10.7 Å². The van der Waals surface area contributed by atoms with Crippen LogP contribution in [0, 0.1) is 18.6 Å². The van der Waals surface area contributed by atoms with Crippen LogP contribution >= 0.6 is 11.3 Å². The number of aromatic nitrogens is 1. The van der Waals surface area contributed by atoms with E-state index in [0.29, 0.717) is 13.0 Å². The van der Waals surface area contributed by atoms with E-state index in [1.54, 1.807) is 25.4 Å². The molecule has 0 radical (unpaired) electrons. The van der Waals surface area contributed by atoms with Gasteiger partial charge in [0, 0.05) is 38.1 Å². The molecular weight excluding hydrogens is 322 g/mol. The minimum atomic E-state index is -0.733. The number of urea groups is 1. The lowest BCUT2D eigenvalue weighted by Crippen LogP contribution is -2.30. The number of halogens is 2. The second-order valence-electron chi connectivity index (χ2n) is 5.17. The number of amides is 2. The first-order valence-electron chi connectivity index (χ1n) is 6.99. The van der Waals surface area contributed by atoms with Crippen molar-refractivity contribution >= 4 is 28.7 Å². The van der Waals surface area contributed by atoms with Gasteiger partial charge in [-0.25, -0.2) is 18.6 Å².